The molecule has 0 bridgehead atoms. The number of nitrogens with zero attached hydrogens (tertiary/aromatic N) is 2. The van der Waals surface area contributed by atoms with E-state index in [4.69, 9.17) is 4.74 Å². The molecule has 1 aliphatic rings. The molecule has 0 aliphatic carbocycles. The van der Waals surface area contributed by atoms with Gasteiger partial charge in [0.05, 0.1) is 12.6 Å². The van der Waals surface area contributed by atoms with E-state index in [1.165, 1.54) is 0 Å². The molecule has 0 saturated carbocycles. The third kappa shape index (κ3) is 4.18. The second kappa shape index (κ2) is 6.87. The van der Waals surface area contributed by atoms with Gasteiger partial charge in [-0.1, -0.05) is 6.92 Å². The van der Waals surface area contributed by atoms with Crippen molar-refractivity contribution >= 4 is 5.78 Å². The van der Waals surface area contributed by atoms with Crippen LogP contribution in [0.2, 0.25) is 0 Å². The average Bonchev–Trinajstić information content (AvgIpc) is 2.83. The predicted octanol–water partition coefficient (Wildman–Crippen LogP) is 2.10. The Morgan fingerprint density at radius 3 is 3.05 bits per heavy atom. The summed E-state index contributed by atoms with van der Waals surface area (Å²) in [5, 5.41) is 0. The van der Waals surface area contributed by atoms with Crippen molar-refractivity contribution in [3.63, 3.8) is 0 Å². The topological polar surface area (TPSA) is 34.5 Å². The molecule has 1 atom stereocenters. The van der Waals surface area contributed by atoms with Crippen LogP contribution in [-0.2, 0) is 11.8 Å². The van der Waals surface area contributed by atoms with E-state index in [0.29, 0.717) is 12.6 Å². The molecule has 4 heteroatoms. The summed E-state index contributed by atoms with van der Waals surface area (Å²) in [5.41, 5.74) is 0.805. The molecular formula is C15H24N2O2. The Kier molecular flexibility index (Phi) is 5.16. The van der Waals surface area contributed by atoms with Crippen molar-refractivity contribution in [1.29, 1.82) is 0 Å². The molecule has 1 aliphatic heterocycles. The van der Waals surface area contributed by atoms with Gasteiger partial charge in [0.25, 0.3) is 0 Å². The summed E-state index contributed by atoms with van der Waals surface area (Å²) in [7, 11) is 1.94. The Balaban J connectivity index is 1.83. The molecule has 0 radical (unpaired) electrons. The molecule has 2 heterocycles. The highest BCUT2D eigenvalue weighted by Crippen LogP contribution is 2.14. The molecule has 0 aromatic carbocycles. The van der Waals surface area contributed by atoms with Crippen molar-refractivity contribution in [2.75, 3.05) is 26.2 Å². The first kappa shape index (κ1) is 14.3. The smallest absolute Gasteiger partial charge is 0.178 e. The van der Waals surface area contributed by atoms with Crippen LogP contribution < -0.4 is 0 Å². The number of aromatic nitrogens is 1. The number of rotatable bonds is 6. The largest absolute Gasteiger partial charge is 0.377 e. The molecule has 0 N–H and O–H groups in total. The van der Waals surface area contributed by atoms with E-state index < -0.39 is 0 Å². The molecule has 0 spiro atoms. The Morgan fingerprint density at radius 1 is 1.53 bits per heavy atom. The lowest BCUT2D eigenvalue weighted by Crippen LogP contribution is -2.42. The third-order valence-electron chi connectivity index (χ3n) is 3.54. The van der Waals surface area contributed by atoms with Crippen LogP contribution in [-0.4, -0.2) is 47.6 Å². The number of Topliss-reactive ketones (excluding diaryl/α,β-unsaturated/α-hetero) is 1. The van der Waals surface area contributed by atoms with Crippen molar-refractivity contribution in [1.82, 2.24) is 9.47 Å². The first-order chi connectivity index (χ1) is 9.19. The lowest BCUT2D eigenvalue weighted by atomic mass is 10.1. The van der Waals surface area contributed by atoms with Gasteiger partial charge in [-0.05, 0) is 31.9 Å². The number of hydrogen-bond acceptors (Lipinski definition) is 3. The fourth-order valence-electron chi connectivity index (χ4n) is 2.54. The Morgan fingerprint density at radius 2 is 2.37 bits per heavy atom. The molecule has 1 fully saturated rings. The van der Waals surface area contributed by atoms with Crippen LogP contribution in [0.25, 0.3) is 0 Å². The fourth-order valence-corrected chi connectivity index (χ4v) is 2.54. The predicted molar refractivity (Wildman–Crippen MR) is 75.4 cm³/mol. The zero-order valence-corrected chi connectivity index (χ0v) is 12.0. The van der Waals surface area contributed by atoms with Crippen LogP contribution in [0.5, 0.6) is 0 Å². The van der Waals surface area contributed by atoms with E-state index >= 15 is 0 Å². The Labute approximate surface area is 115 Å². The lowest BCUT2D eigenvalue weighted by molar-refractivity contribution is 0.00131. The van der Waals surface area contributed by atoms with Crippen LogP contribution in [0.1, 0.15) is 36.5 Å². The molecule has 1 unspecified atom stereocenters. The van der Waals surface area contributed by atoms with Gasteiger partial charge in [0.1, 0.15) is 0 Å². The van der Waals surface area contributed by atoms with Crippen LogP contribution >= 0.6 is 0 Å². The molecular weight excluding hydrogens is 240 g/mol. The van der Waals surface area contributed by atoms with Gasteiger partial charge in [-0.3, -0.25) is 9.69 Å². The van der Waals surface area contributed by atoms with Gasteiger partial charge >= 0.3 is 0 Å². The summed E-state index contributed by atoms with van der Waals surface area (Å²) in [6.07, 6.45) is 7.40. The maximum atomic E-state index is 12.2. The second-order valence-electron chi connectivity index (χ2n) is 5.36. The van der Waals surface area contributed by atoms with E-state index in [9.17, 15) is 4.79 Å². The van der Waals surface area contributed by atoms with Crippen LogP contribution in [0.3, 0.4) is 0 Å². The zero-order chi connectivity index (χ0) is 13.7. The van der Waals surface area contributed by atoms with Gasteiger partial charge in [-0.2, -0.15) is 0 Å². The number of likely N-dealkylation sites (tertiary alicyclic amines) is 1. The maximum absolute atomic E-state index is 12.2. The summed E-state index contributed by atoms with van der Waals surface area (Å²) >= 11 is 0. The van der Waals surface area contributed by atoms with Crippen molar-refractivity contribution in [3.8, 4) is 0 Å². The number of carbonyl (C=O) groups excluding carboxylic acids is 1. The van der Waals surface area contributed by atoms with E-state index in [-0.39, 0.29) is 5.78 Å². The van der Waals surface area contributed by atoms with E-state index in [1.807, 2.05) is 30.1 Å². The molecule has 19 heavy (non-hydrogen) atoms. The number of piperidine rings is 1. The molecule has 1 aromatic rings. The van der Waals surface area contributed by atoms with E-state index in [1.54, 1.807) is 0 Å². The van der Waals surface area contributed by atoms with Crippen LogP contribution in [0.4, 0.5) is 0 Å². The molecule has 1 saturated heterocycles. The number of aryl methyl sites for hydroxylation is 1. The van der Waals surface area contributed by atoms with Crippen LogP contribution in [0.15, 0.2) is 18.5 Å². The fraction of sp³-hybridized carbons (Fsp3) is 0.667. The first-order valence-corrected chi connectivity index (χ1v) is 7.18. The van der Waals surface area contributed by atoms with E-state index in [2.05, 4.69) is 11.8 Å². The molecule has 0 amide bonds. The second-order valence-corrected chi connectivity index (χ2v) is 5.36. The summed E-state index contributed by atoms with van der Waals surface area (Å²) < 4.78 is 7.71. The Bertz CT molecular complexity index is 414. The normalized spacial score (nSPS) is 20.6. The Hall–Kier alpha value is -1.13. The van der Waals surface area contributed by atoms with Gasteiger partial charge < -0.3 is 9.30 Å². The first-order valence-electron chi connectivity index (χ1n) is 7.18. The highest BCUT2D eigenvalue weighted by Gasteiger charge is 2.22. The number of ether oxygens (including phenoxy) is 1. The summed E-state index contributed by atoms with van der Waals surface area (Å²) in [6, 6.07) is 1.89. The van der Waals surface area contributed by atoms with Crippen molar-refractivity contribution in [2.45, 2.75) is 32.3 Å². The molecule has 2 rings (SSSR count). The lowest BCUT2D eigenvalue weighted by Gasteiger charge is -2.32. The molecule has 106 valence electrons. The number of hydrogen-bond donors (Lipinski definition) is 0. The quantitative estimate of drug-likeness (QED) is 0.738. The standard InChI is InChI=1S/C15H24N2O2/c1-3-9-19-14-5-4-7-17(11-14)12-15(18)13-6-8-16(2)10-13/h6,8,10,14H,3-5,7,9,11-12H2,1-2H3. The van der Waals surface area contributed by atoms with Crippen molar-refractivity contribution < 1.29 is 9.53 Å². The summed E-state index contributed by atoms with van der Waals surface area (Å²) in [5.74, 6) is 0.205. The minimum Gasteiger partial charge on any atom is -0.377 e. The van der Waals surface area contributed by atoms with Gasteiger partial charge in [0.2, 0.25) is 0 Å². The summed E-state index contributed by atoms with van der Waals surface area (Å²) in [4.78, 5) is 14.4. The van der Waals surface area contributed by atoms with Crippen molar-refractivity contribution in [2.24, 2.45) is 7.05 Å². The number of ketones is 1. The van der Waals surface area contributed by atoms with Gasteiger partial charge in [-0.25, -0.2) is 0 Å². The summed E-state index contributed by atoms with van der Waals surface area (Å²) in [6.45, 7) is 5.35. The molecule has 1 aromatic heterocycles. The zero-order valence-electron chi connectivity index (χ0n) is 12.0. The maximum Gasteiger partial charge on any atom is 0.178 e. The average molecular weight is 264 g/mol. The van der Waals surface area contributed by atoms with Gasteiger partial charge in [-0.15, -0.1) is 0 Å². The van der Waals surface area contributed by atoms with E-state index in [0.717, 1.165) is 44.5 Å². The minimum atomic E-state index is 0.205. The number of carbonyl (C=O) groups is 1. The molecule has 4 nitrogen and oxygen atoms in total. The van der Waals surface area contributed by atoms with Crippen LogP contribution in [0, 0.1) is 0 Å². The highest BCUT2D eigenvalue weighted by atomic mass is 16.5. The third-order valence-corrected chi connectivity index (χ3v) is 3.54. The monoisotopic (exact) mass is 264 g/mol. The SMILES string of the molecule is CCCOC1CCCN(CC(=O)c2ccn(C)c2)C1. The minimum absolute atomic E-state index is 0.205. The van der Waals surface area contributed by atoms with Crippen molar-refractivity contribution in [3.05, 3.63) is 24.0 Å². The van der Waals surface area contributed by atoms with Gasteiger partial charge in [0, 0.05) is 38.2 Å². The van der Waals surface area contributed by atoms with Gasteiger partial charge in [0.15, 0.2) is 5.78 Å². The highest BCUT2D eigenvalue weighted by molar-refractivity contribution is 5.97.